The molecule has 0 aromatic carbocycles. The van der Waals surface area contributed by atoms with Gasteiger partial charge in [-0.25, -0.2) is 9.97 Å². The van der Waals surface area contributed by atoms with E-state index in [1.807, 2.05) is 0 Å². The summed E-state index contributed by atoms with van der Waals surface area (Å²) in [6, 6.07) is -0.294. The molecule has 0 unspecified atom stereocenters. The van der Waals surface area contributed by atoms with Crippen molar-refractivity contribution in [1.82, 2.24) is 9.97 Å². The average molecular weight is 194 g/mol. The summed E-state index contributed by atoms with van der Waals surface area (Å²) >= 11 is 2.88. The Morgan fingerprint density at radius 1 is 1.89 bits per heavy atom. The lowest BCUT2D eigenvalue weighted by molar-refractivity contribution is 0.396. The largest absolute Gasteiger partial charge is 0.481 e. The van der Waals surface area contributed by atoms with Crippen molar-refractivity contribution in [2.24, 2.45) is 0 Å². The van der Waals surface area contributed by atoms with Crippen molar-refractivity contribution < 1.29 is 11.6 Å². The molecule has 0 saturated carbocycles. The number of nitrogens with zero attached hydrogens (tertiary/aromatic N) is 2. The zero-order valence-corrected chi connectivity index (χ0v) is 5.77. The molecule has 9 heavy (non-hydrogen) atoms. The maximum atomic E-state index is 7.34. The molecule has 1 aromatic rings. The Balaban J connectivity index is 3.09. The van der Waals surface area contributed by atoms with Crippen LogP contribution in [0.4, 0.5) is 0 Å². The lowest BCUT2D eigenvalue weighted by Gasteiger charge is -1.94. The van der Waals surface area contributed by atoms with E-state index in [-0.39, 0.29) is 10.6 Å². The summed E-state index contributed by atoms with van der Waals surface area (Å²) in [6.45, 7) is 0. The Morgan fingerprint density at radius 2 is 2.78 bits per heavy atom. The predicted octanol–water partition coefficient (Wildman–Crippen LogP) is 1.25. The molecule has 0 saturated heterocycles. The molecule has 4 heteroatoms. The van der Waals surface area contributed by atoms with Gasteiger partial charge in [0.25, 0.3) is 0 Å². The van der Waals surface area contributed by atoms with Crippen LogP contribution in [0.5, 0.6) is 5.88 Å². The van der Waals surface area contributed by atoms with Crippen molar-refractivity contribution in [1.29, 1.82) is 0 Å². The highest BCUT2D eigenvalue weighted by Gasteiger charge is 1.91. The molecule has 1 rings (SSSR count). The molecule has 0 radical (unpaired) electrons. The van der Waals surface area contributed by atoms with E-state index in [2.05, 4.69) is 30.6 Å². The molecule has 0 aliphatic heterocycles. The molecular weight excluding hydrogens is 184 g/mol. The molecule has 0 bridgehead atoms. The number of aromatic nitrogens is 2. The number of ether oxygens (including phenoxy) is 1. The summed E-state index contributed by atoms with van der Waals surface area (Å²) in [7, 11) is -2.68. The molecule has 0 aliphatic rings. The van der Waals surface area contributed by atoms with Crippen LogP contribution in [0.1, 0.15) is 6.85 Å². The highest BCUT2D eigenvalue weighted by Crippen LogP contribution is 2.09. The lowest BCUT2D eigenvalue weighted by atomic mass is 10.6. The summed E-state index contributed by atoms with van der Waals surface area (Å²) in [6.07, 6.45) is -0.410. The van der Waals surface area contributed by atoms with Crippen LogP contribution in [0.2, 0.25) is 0 Å². The molecule has 0 atom stereocenters. The van der Waals surface area contributed by atoms with Crippen molar-refractivity contribution in [3.8, 4) is 5.88 Å². The fourth-order valence-corrected chi connectivity index (χ4v) is 0.556. The third-order valence-electron chi connectivity index (χ3n) is 0.606. The number of halogens is 1. The van der Waals surface area contributed by atoms with Gasteiger partial charge < -0.3 is 4.74 Å². The first-order valence-electron chi connectivity index (χ1n) is 4.49. The first kappa shape index (κ1) is 2.54. The molecule has 0 spiro atoms. The van der Waals surface area contributed by atoms with E-state index in [9.17, 15) is 0 Å². The van der Waals surface area contributed by atoms with E-state index in [0.29, 0.717) is 0 Å². The molecule has 0 aliphatic carbocycles. The standard InChI is InChI=1S/C5H5BrN2O/c1-9-5-2-4(6)7-3-8-5/h2-3H,1H3/i1D3,2D,3D. The number of methoxy groups -OCH3 is 1. The zero-order valence-electron chi connectivity index (χ0n) is 9.18. The van der Waals surface area contributed by atoms with E-state index in [4.69, 9.17) is 6.85 Å². The van der Waals surface area contributed by atoms with Crippen LogP contribution in [0, 0.1) is 0 Å². The summed E-state index contributed by atoms with van der Waals surface area (Å²) in [5.41, 5.74) is 0. The van der Waals surface area contributed by atoms with Gasteiger partial charge in [-0.05, 0) is 15.9 Å². The highest BCUT2D eigenvalue weighted by molar-refractivity contribution is 9.10. The number of hydrogen-bond acceptors (Lipinski definition) is 3. The number of rotatable bonds is 1. The van der Waals surface area contributed by atoms with Crippen molar-refractivity contribution in [2.75, 3.05) is 7.04 Å². The second kappa shape index (κ2) is 2.77. The Hall–Kier alpha value is -0.640. The van der Waals surface area contributed by atoms with Gasteiger partial charge in [0, 0.05) is 6.04 Å². The van der Waals surface area contributed by atoms with Gasteiger partial charge in [-0.15, -0.1) is 0 Å². The minimum absolute atomic E-state index is 0.0248. The van der Waals surface area contributed by atoms with Gasteiger partial charge in [0.15, 0.2) is 0 Å². The Labute approximate surface area is 68.2 Å². The minimum Gasteiger partial charge on any atom is -0.481 e. The predicted molar refractivity (Wildman–Crippen MR) is 36.3 cm³/mol. The van der Waals surface area contributed by atoms with E-state index < -0.39 is 19.2 Å². The highest BCUT2D eigenvalue weighted by atomic mass is 79.9. The van der Waals surface area contributed by atoms with Gasteiger partial charge in [-0.3, -0.25) is 0 Å². The quantitative estimate of drug-likeness (QED) is 0.631. The molecule has 3 nitrogen and oxygen atoms in total. The van der Waals surface area contributed by atoms with Crippen LogP contribution < -0.4 is 4.74 Å². The third kappa shape index (κ3) is 1.64. The van der Waals surface area contributed by atoms with Gasteiger partial charge in [-0.2, -0.15) is 0 Å². The average Bonchev–Trinajstić information content (AvgIpc) is 1.96. The summed E-state index contributed by atoms with van der Waals surface area (Å²) in [5.74, 6) is -0.433. The molecule has 48 valence electrons. The van der Waals surface area contributed by atoms with Crippen LogP contribution in [0.25, 0.3) is 0 Å². The first-order valence-corrected chi connectivity index (χ1v) is 2.78. The second-order valence-electron chi connectivity index (χ2n) is 1.15. The Bertz CT molecular complexity index is 355. The first-order chi connectivity index (χ1) is 6.29. The van der Waals surface area contributed by atoms with Gasteiger partial charge in [0.1, 0.15) is 12.3 Å². The van der Waals surface area contributed by atoms with Crippen LogP contribution in [-0.2, 0) is 0 Å². The minimum atomic E-state index is -2.68. The van der Waals surface area contributed by atoms with E-state index >= 15 is 0 Å². The van der Waals surface area contributed by atoms with E-state index in [1.54, 1.807) is 0 Å². The van der Waals surface area contributed by atoms with Crippen LogP contribution in [0.15, 0.2) is 16.9 Å². The number of hydrogen-bond donors (Lipinski definition) is 0. The fraction of sp³-hybridized carbons (Fsp3) is 0.200. The Morgan fingerprint density at radius 3 is 3.56 bits per heavy atom. The maximum absolute atomic E-state index is 7.34. The normalized spacial score (nSPS) is 18.6. The maximum Gasteiger partial charge on any atom is 0.217 e. The SMILES string of the molecule is [2H]c1nc(Br)c([2H])c(OC([2H])([2H])[2H])n1. The van der Waals surface area contributed by atoms with Crippen molar-refractivity contribution in [3.63, 3.8) is 0 Å². The lowest BCUT2D eigenvalue weighted by Crippen LogP contribution is -1.87. The van der Waals surface area contributed by atoms with Gasteiger partial charge in [-0.1, -0.05) is 0 Å². The van der Waals surface area contributed by atoms with E-state index in [0.717, 1.165) is 0 Å². The molecule has 0 N–H and O–H groups in total. The Kier molecular flexibility index (Phi) is 0.782. The van der Waals surface area contributed by atoms with Crippen molar-refractivity contribution >= 4 is 15.9 Å². The van der Waals surface area contributed by atoms with Gasteiger partial charge in [0.2, 0.25) is 5.88 Å². The van der Waals surface area contributed by atoms with Gasteiger partial charge >= 0.3 is 0 Å². The fourth-order valence-electron chi connectivity index (χ4n) is 0.307. The third-order valence-corrected chi connectivity index (χ3v) is 0.982. The smallest absolute Gasteiger partial charge is 0.217 e. The van der Waals surface area contributed by atoms with Crippen LogP contribution in [0.3, 0.4) is 0 Å². The monoisotopic (exact) mass is 193 g/mol. The summed E-state index contributed by atoms with van der Waals surface area (Å²) in [4.78, 5) is 6.86. The molecule has 1 heterocycles. The van der Waals surface area contributed by atoms with Gasteiger partial charge in [0.05, 0.1) is 12.5 Å². The summed E-state index contributed by atoms with van der Waals surface area (Å²) < 4.78 is 39.2. The zero-order chi connectivity index (χ0) is 10.9. The van der Waals surface area contributed by atoms with Crippen molar-refractivity contribution in [2.45, 2.75) is 0 Å². The van der Waals surface area contributed by atoms with E-state index in [1.165, 1.54) is 0 Å². The molecule has 0 amide bonds. The molecular formula is C5H5BrN2O. The van der Waals surface area contributed by atoms with Crippen LogP contribution >= 0.6 is 15.9 Å². The molecule has 1 aromatic heterocycles. The second-order valence-corrected chi connectivity index (χ2v) is 1.90. The topological polar surface area (TPSA) is 35.0 Å². The molecule has 0 fully saturated rings. The van der Waals surface area contributed by atoms with Crippen molar-refractivity contribution in [3.05, 3.63) is 16.9 Å². The summed E-state index contributed by atoms with van der Waals surface area (Å²) in [5, 5.41) is 0. The van der Waals surface area contributed by atoms with Crippen LogP contribution in [-0.4, -0.2) is 17.0 Å².